The Morgan fingerprint density at radius 1 is 1.19 bits per heavy atom. The number of ether oxygens (including phenoxy) is 1. The predicted molar refractivity (Wildman–Crippen MR) is 134 cm³/mol. The highest BCUT2D eigenvalue weighted by Gasteiger charge is 2.42. The highest BCUT2D eigenvalue weighted by molar-refractivity contribution is 5.96. The number of nitrogens with zero attached hydrogens (tertiary/aromatic N) is 3. The number of hydrogen-bond donors (Lipinski definition) is 2. The number of carbonyl (C=O) groups excluding carboxylic acids is 3. The number of likely N-dealkylation sites (tertiary alicyclic amines) is 1. The van der Waals surface area contributed by atoms with E-state index in [0.29, 0.717) is 41.3 Å². The van der Waals surface area contributed by atoms with Gasteiger partial charge in [0.2, 0.25) is 11.8 Å². The number of carbonyl (C=O) groups is 3. The van der Waals surface area contributed by atoms with Crippen LogP contribution in [0.25, 0.3) is 22.7 Å². The number of esters is 1. The van der Waals surface area contributed by atoms with E-state index in [9.17, 15) is 14.4 Å². The van der Waals surface area contributed by atoms with Gasteiger partial charge in [0, 0.05) is 24.5 Å². The van der Waals surface area contributed by atoms with Crippen LogP contribution < -0.4 is 10.6 Å². The van der Waals surface area contributed by atoms with E-state index in [2.05, 4.69) is 20.6 Å². The molecule has 36 heavy (non-hydrogen) atoms. The number of nitrogens with one attached hydrogen (secondary N) is 2. The van der Waals surface area contributed by atoms with Gasteiger partial charge in [0.25, 0.3) is 0 Å². The van der Waals surface area contributed by atoms with Crippen molar-refractivity contribution in [3.8, 4) is 11.6 Å². The molecule has 0 bridgehead atoms. The second kappa shape index (κ2) is 9.96. The summed E-state index contributed by atoms with van der Waals surface area (Å²) in [5.74, 6) is -0.503. The lowest BCUT2D eigenvalue weighted by Gasteiger charge is -2.32. The number of pyridine rings is 1. The Labute approximate surface area is 209 Å². The standard InChI is InChI=1S/C26H31N5O5/c1-15(2)21(24(33)36-26(3,4)5)31-13-11-19(23(31)32)30-25(34)28-16-9-10-17-20(14-16)35-22(29-17)18-8-6-7-12-27-18/h6-10,12,14-15,19,21H,11,13H2,1-5H3,(H2,28,30,34). The number of benzene rings is 1. The van der Waals surface area contributed by atoms with Crippen LogP contribution in [0.2, 0.25) is 0 Å². The first-order chi connectivity index (χ1) is 17.0. The summed E-state index contributed by atoms with van der Waals surface area (Å²) in [6.07, 6.45) is 2.05. The Bertz CT molecular complexity index is 1260. The molecule has 4 rings (SSSR count). The fraction of sp³-hybridized carbons (Fsp3) is 0.423. The van der Waals surface area contributed by atoms with E-state index in [1.54, 1.807) is 51.2 Å². The third-order valence-electron chi connectivity index (χ3n) is 5.69. The fourth-order valence-corrected chi connectivity index (χ4v) is 4.16. The summed E-state index contributed by atoms with van der Waals surface area (Å²) in [7, 11) is 0. The van der Waals surface area contributed by atoms with Crippen LogP contribution in [0.1, 0.15) is 41.0 Å². The topological polar surface area (TPSA) is 127 Å². The number of oxazole rings is 1. The molecule has 1 aromatic carbocycles. The van der Waals surface area contributed by atoms with Crippen LogP contribution >= 0.6 is 0 Å². The minimum atomic E-state index is -0.738. The van der Waals surface area contributed by atoms with E-state index in [1.807, 2.05) is 26.0 Å². The van der Waals surface area contributed by atoms with Gasteiger partial charge in [0.15, 0.2) is 5.58 Å². The zero-order valence-corrected chi connectivity index (χ0v) is 21.1. The van der Waals surface area contributed by atoms with Gasteiger partial charge in [0.05, 0.1) is 0 Å². The number of aromatic nitrogens is 2. The average Bonchev–Trinajstić information content (AvgIpc) is 3.37. The molecule has 2 unspecified atom stereocenters. The van der Waals surface area contributed by atoms with Gasteiger partial charge in [-0.2, -0.15) is 0 Å². The molecule has 1 fully saturated rings. The van der Waals surface area contributed by atoms with Gasteiger partial charge in [0.1, 0.15) is 28.9 Å². The summed E-state index contributed by atoms with van der Waals surface area (Å²) < 4.78 is 11.3. The molecule has 3 amide bonds. The minimum absolute atomic E-state index is 0.138. The summed E-state index contributed by atoms with van der Waals surface area (Å²) >= 11 is 0. The molecule has 10 heteroatoms. The molecular formula is C26H31N5O5. The van der Waals surface area contributed by atoms with E-state index in [0.717, 1.165) is 0 Å². The fourth-order valence-electron chi connectivity index (χ4n) is 4.16. The molecule has 3 aromatic rings. The SMILES string of the molecule is CC(C)C(C(=O)OC(C)(C)C)N1CCC(NC(=O)Nc2ccc3nc(-c4ccccn4)oc3c2)C1=O. The first kappa shape index (κ1) is 25.2. The normalized spacial score (nSPS) is 16.9. The van der Waals surface area contributed by atoms with Crippen LogP contribution in [-0.4, -0.2) is 57.0 Å². The van der Waals surface area contributed by atoms with Crippen molar-refractivity contribution < 1.29 is 23.5 Å². The quantitative estimate of drug-likeness (QED) is 0.497. The van der Waals surface area contributed by atoms with Crippen molar-refractivity contribution in [2.45, 2.75) is 58.7 Å². The van der Waals surface area contributed by atoms with Gasteiger partial charge in [-0.15, -0.1) is 0 Å². The number of anilines is 1. The Morgan fingerprint density at radius 2 is 1.97 bits per heavy atom. The van der Waals surface area contributed by atoms with E-state index in [1.165, 1.54) is 4.90 Å². The Kier molecular flexibility index (Phi) is 6.96. The molecule has 0 saturated carbocycles. The highest BCUT2D eigenvalue weighted by Crippen LogP contribution is 2.26. The van der Waals surface area contributed by atoms with E-state index in [-0.39, 0.29) is 11.8 Å². The van der Waals surface area contributed by atoms with Crippen molar-refractivity contribution >= 4 is 34.7 Å². The smallest absolute Gasteiger partial charge is 0.329 e. The maximum atomic E-state index is 13.1. The number of urea groups is 1. The average molecular weight is 494 g/mol. The number of hydrogen-bond acceptors (Lipinski definition) is 7. The lowest BCUT2D eigenvalue weighted by atomic mass is 10.0. The van der Waals surface area contributed by atoms with Gasteiger partial charge in [-0.1, -0.05) is 19.9 Å². The lowest BCUT2D eigenvalue weighted by Crippen LogP contribution is -2.51. The number of rotatable bonds is 6. The third-order valence-corrected chi connectivity index (χ3v) is 5.69. The lowest BCUT2D eigenvalue weighted by molar-refractivity contribution is -0.165. The Morgan fingerprint density at radius 3 is 2.64 bits per heavy atom. The van der Waals surface area contributed by atoms with Crippen LogP contribution in [0.3, 0.4) is 0 Å². The van der Waals surface area contributed by atoms with Crippen LogP contribution in [0, 0.1) is 5.92 Å². The first-order valence-corrected chi connectivity index (χ1v) is 11.9. The number of amides is 3. The molecule has 3 heterocycles. The third kappa shape index (κ3) is 5.64. The molecule has 0 spiro atoms. The minimum Gasteiger partial charge on any atom is -0.458 e. The van der Waals surface area contributed by atoms with E-state index >= 15 is 0 Å². The zero-order chi connectivity index (χ0) is 26.0. The molecule has 2 N–H and O–H groups in total. The van der Waals surface area contributed by atoms with Crippen LogP contribution in [0.15, 0.2) is 47.0 Å². The number of fused-ring (bicyclic) bond motifs is 1. The summed E-state index contributed by atoms with van der Waals surface area (Å²) in [4.78, 5) is 48.7. The molecule has 190 valence electrons. The van der Waals surface area contributed by atoms with Gasteiger partial charge in [-0.3, -0.25) is 9.78 Å². The molecular weight excluding hydrogens is 462 g/mol. The highest BCUT2D eigenvalue weighted by atomic mass is 16.6. The second-order valence-electron chi connectivity index (χ2n) is 10.1. The zero-order valence-electron chi connectivity index (χ0n) is 21.1. The largest absolute Gasteiger partial charge is 0.458 e. The van der Waals surface area contributed by atoms with Crippen molar-refractivity contribution in [2.24, 2.45) is 5.92 Å². The van der Waals surface area contributed by atoms with Crippen molar-refractivity contribution in [1.29, 1.82) is 0 Å². The molecule has 0 aliphatic carbocycles. The Hall–Kier alpha value is -3.95. The molecule has 10 nitrogen and oxygen atoms in total. The molecule has 2 aromatic heterocycles. The van der Waals surface area contributed by atoms with Crippen molar-refractivity contribution in [3.63, 3.8) is 0 Å². The molecule has 0 radical (unpaired) electrons. The van der Waals surface area contributed by atoms with Gasteiger partial charge >= 0.3 is 12.0 Å². The van der Waals surface area contributed by atoms with Crippen LogP contribution in [0.5, 0.6) is 0 Å². The van der Waals surface area contributed by atoms with Crippen molar-refractivity contribution in [3.05, 3.63) is 42.6 Å². The predicted octanol–water partition coefficient (Wildman–Crippen LogP) is 3.98. The maximum Gasteiger partial charge on any atom is 0.329 e. The summed E-state index contributed by atoms with van der Waals surface area (Å²) in [6, 6.07) is 8.56. The molecule has 2 atom stereocenters. The molecule has 1 aliphatic heterocycles. The van der Waals surface area contributed by atoms with Crippen molar-refractivity contribution in [1.82, 2.24) is 20.2 Å². The summed E-state index contributed by atoms with van der Waals surface area (Å²) in [5, 5.41) is 5.45. The second-order valence-corrected chi connectivity index (χ2v) is 10.1. The van der Waals surface area contributed by atoms with Gasteiger partial charge < -0.3 is 24.7 Å². The monoisotopic (exact) mass is 493 g/mol. The van der Waals surface area contributed by atoms with Crippen molar-refractivity contribution in [2.75, 3.05) is 11.9 Å². The van der Waals surface area contributed by atoms with Crippen LogP contribution in [0.4, 0.5) is 10.5 Å². The van der Waals surface area contributed by atoms with Gasteiger partial charge in [-0.25, -0.2) is 14.6 Å². The molecule has 1 saturated heterocycles. The van der Waals surface area contributed by atoms with E-state index < -0.39 is 29.7 Å². The maximum absolute atomic E-state index is 13.1. The Balaban J connectivity index is 1.40. The molecule has 1 aliphatic rings. The summed E-state index contributed by atoms with van der Waals surface area (Å²) in [6.45, 7) is 9.46. The first-order valence-electron chi connectivity index (χ1n) is 11.9. The van der Waals surface area contributed by atoms with Gasteiger partial charge in [-0.05, 0) is 57.4 Å². The summed E-state index contributed by atoms with van der Waals surface area (Å²) in [5.41, 5.74) is 1.56. The van der Waals surface area contributed by atoms with E-state index in [4.69, 9.17) is 9.15 Å². The van der Waals surface area contributed by atoms with Crippen LogP contribution in [-0.2, 0) is 14.3 Å².